The van der Waals surface area contributed by atoms with Gasteiger partial charge in [-0.2, -0.15) is 0 Å². The summed E-state index contributed by atoms with van der Waals surface area (Å²) in [6.45, 7) is 3.52. The summed E-state index contributed by atoms with van der Waals surface area (Å²) >= 11 is 0. The van der Waals surface area contributed by atoms with Gasteiger partial charge in [-0.15, -0.1) is 0 Å². The molecule has 0 heterocycles. The summed E-state index contributed by atoms with van der Waals surface area (Å²) < 4.78 is 0. The Kier molecular flexibility index (Phi) is 2.90. The van der Waals surface area contributed by atoms with Gasteiger partial charge in [0.2, 0.25) is 0 Å². The van der Waals surface area contributed by atoms with Gasteiger partial charge in [-0.25, -0.2) is 0 Å². The van der Waals surface area contributed by atoms with Crippen molar-refractivity contribution >= 4 is 0 Å². The number of rotatable bonds is 2. The Morgan fingerprint density at radius 1 is 1.38 bits per heavy atom. The number of nitrogens with two attached hydrogens (primary N) is 1. The number of benzene rings is 1. The van der Waals surface area contributed by atoms with E-state index < -0.39 is 12.1 Å². The number of aryl methyl sites for hydroxylation is 1. The van der Waals surface area contributed by atoms with Crippen LogP contribution in [0, 0.1) is 6.92 Å². The van der Waals surface area contributed by atoms with Crippen LogP contribution in [0.15, 0.2) is 18.2 Å². The van der Waals surface area contributed by atoms with Crippen molar-refractivity contribution in [2.24, 2.45) is 5.73 Å². The molecule has 3 nitrogen and oxygen atoms in total. The van der Waals surface area contributed by atoms with Crippen molar-refractivity contribution < 1.29 is 10.2 Å². The normalized spacial score (nSPS) is 15.4. The number of aromatic hydroxyl groups is 1. The number of aliphatic hydroxyl groups is 1. The smallest absolute Gasteiger partial charge is 0.120 e. The van der Waals surface area contributed by atoms with Crippen LogP contribution in [-0.4, -0.2) is 16.3 Å². The van der Waals surface area contributed by atoms with E-state index in [4.69, 9.17) is 5.73 Å². The van der Waals surface area contributed by atoms with Gasteiger partial charge in [0.1, 0.15) is 5.75 Å². The van der Waals surface area contributed by atoms with E-state index in [1.165, 1.54) is 0 Å². The number of hydrogen-bond acceptors (Lipinski definition) is 3. The SMILES string of the molecule is Cc1ccc(O)c(C(N)C(C)O)c1. The van der Waals surface area contributed by atoms with Crippen LogP contribution in [0.25, 0.3) is 0 Å². The second-order valence-electron chi connectivity index (χ2n) is 3.33. The van der Waals surface area contributed by atoms with Gasteiger partial charge in [0, 0.05) is 5.56 Å². The summed E-state index contributed by atoms with van der Waals surface area (Å²) in [5, 5.41) is 18.7. The average molecular weight is 181 g/mol. The molecule has 0 fully saturated rings. The molecule has 2 atom stereocenters. The molecule has 0 amide bonds. The molecule has 0 aromatic heterocycles. The van der Waals surface area contributed by atoms with Crippen LogP contribution in [-0.2, 0) is 0 Å². The Labute approximate surface area is 77.8 Å². The molecule has 0 bridgehead atoms. The zero-order valence-corrected chi connectivity index (χ0v) is 7.86. The van der Waals surface area contributed by atoms with Crippen LogP contribution < -0.4 is 5.73 Å². The van der Waals surface area contributed by atoms with E-state index in [1.54, 1.807) is 25.1 Å². The first-order chi connectivity index (χ1) is 6.02. The van der Waals surface area contributed by atoms with Crippen molar-refractivity contribution in [3.05, 3.63) is 29.3 Å². The maximum atomic E-state index is 9.46. The lowest BCUT2D eigenvalue weighted by molar-refractivity contribution is 0.163. The van der Waals surface area contributed by atoms with Crippen molar-refractivity contribution in [2.75, 3.05) is 0 Å². The van der Waals surface area contributed by atoms with Crippen LogP contribution in [0.1, 0.15) is 24.1 Å². The summed E-state index contributed by atoms with van der Waals surface area (Å²) in [5.41, 5.74) is 7.31. The highest BCUT2D eigenvalue weighted by Crippen LogP contribution is 2.25. The molecule has 0 aliphatic carbocycles. The minimum absolute atomic E-state index is 0.138. The van der Waals surface area contributed by atoms with Gasteiger partial charge in [0.15, 0.2) is 0 Å². The molecule has 1 aromatic rings. The molecule has 2 unspecified atom stereocenters. The lowest BCUT2D eigenvalue weighted by atomic mass is 10.0. The third kappa shape index (κ3) is 2.20. The molecule has 4 N–H and O–H groups in total. The third-order valence-corrected chi connectivity index (χ3v) is 2.06. The van der Waals surface area contributed by atoms with Crippen molar-refractivity contribution in [1.82, 2.24) is 0 Å². The van der Waals surface area contributed by atoms with Gasteiger partial charge in [-0.1, -0.05) is 17.7 Å². The molecule has 72 valence electrons. The zero-order chi connectivity index (χ0) is 10.0. The van der Waals surface area contributed by atoms with Gasteiger partial charge in [-0.05, 0) is 19.9 Å². The highest BCUT2D eigenvalue weighted by atomic mass is 16.3. The third-order valence-electron chi connectivity index (χ3n) is 2.06. The largest absolute Gasteiger partial charge is 0.508 e. The molecule has 1 aromatic carbocycles. The summed E-state index contributed by atoms with van der Waals surface area (Å²) in [4.78, 5) is 0. The van der Waals surface area contributed by atoms with Gasteiger partial charge < -0.3 is 15.9 Å². The van der Waals surface area contributed by atoms with E-state index in [-0.39, 0.29) is 5.75 Å². The monoisotopic (exact) mass is 181 g/mol. The minimum Gasteiger partial charge on any atom is -0.508 e. The minimum atomic E-state index is -0.660. The van der Waals surface area contributed by atoms with E-state index in [9.17, 15) is 10.2 Å². The second kappa shape index (κ2) is 3.77. The molecule has 0 saturated carbocycles. The fourth-order valence-corrected chi connectivity index (χ4v) is 1.20. The Morgan fingerprint density at radius 2 is 2.00 bits per heavy atom. The molecule has 3 heteroatoms. The van der Waals surface area contributed by atoms with E-state index in [2.05, 4.69) is 0 Å². The maximum absolute atomic E-state index is 9.46. The number of aliphatic hydroxyl groups excluding tert-OH is 1. The molecule has 0 spiro atoms. The van der Waals surface area contributed by atoms with Crippen LogP contribution in [0.5, 0.6) is 5.75 Å². The predicted octanol–water partition coefficient (Wildman–Crippen LogP) is 1.08. The second-order valence-corrected chi connectivity index (χ2v) is 3.33. The molecule has 0 aliphatic heterocycles. The topological polar surface area (TPSA) is 66.5 Å². The van der Waals surface area contributed by atoms with E-state index >= 15 is 0 Å². The van der Waals surface area contributed by atoms with Crippen molar-refractivity contribution in [2.45, 2.75) is 26.0 Å². The quantitative estimate of drug-likeness (QED) is 0.639. The average Bonchev–Trinajstić information content (AvgIpc) is 2.08. The molecule has 0 aliphatic rings. The fraction of sp³-hybridized carbons (Fsp3) is 0.400. The molecule has 0 radical (unpaired) electrons. The molecular formula is C10H15NO2. The summed E-state index contributed by atoms with van der Waals surface area (Å²) in [6, 6.07) is 4.65. The lowest BCUT2D eigenvalue weighted by Gasteiger charge is -2.16. The van der Waals surface area contributed by atoms with Gasteiger partial charge in [0.25, 0.3) is 0 Å². The Bertz CT molecular complexity index is 297. The van der Waals surface area contributed by atoms with Gasteiger partial charge in [0.05, 0.1) is 12.1 Å². The number of hydrogen-bond donors (Lipinski definition) is 3. The fourth-order valence-electron chi connectivity index (χ4n) is 1.20. The lowest BCUT2D eigenvalue weighted by Crippen LogP contribution is -2.23. The highest BCUT2D eigenvalue weighted by Gasteiger charge is 2.15. The summed E-state index contributed by atoms with van der Waals surface area (Å²) in [6.07, 6.45) is -0.660. The van der Waals surface area contributed by atoms with E-state index in [0.717, 1.165) is 5.56 Å². The van der Waals surface area contributed by atoms with Crippen LogP contribution in [0.2, 0.25) is 0 Å². The Morgan fingerprint density at radius 3 is 2.54 bits per heavy atom. The molecule has 13 heavy (non-hydrogen) atoms. The standard InChI is InChI=1S/C10H15NO2/c1-6-3-4-9(13)8(5-6)10(11)7(2)12/h3-5,7,10,12-13H,11H2,1-2H3. The summed E-state index contributed by atoms with van der Waals surface area (Å²) in [7, 11) is 0. The Hall–Kier alpha value is -1.06. The molecular weight excluding hydrogens is 166 g/mol. The van der Waals surface area contributed by atoms with Crippen molar-refractivity contribution in [1.29, 1.82) is 0 Å². The van der Waals surface area contributed by atoms with Crippen LogP contribution >= 0.6 is 0 Å². The van der Waals surface area contributed by atoms with Crippen molar-refractivity contribution in [3.63, 3.8) is 0 Å². The van der Waals surface area contributed by atoms with Crippen LogP contribution in [0.4, 0.5) is 0 Å². The first kappa shape index (κ1) is 10.0. The van der Waals surface area contributed by atoms with Gasteiger partial charge >= 0.3 is 0 Å². The van der Waals surface area contributed by atoms with Gasteiger partial charge in [-0.3, -0.25) is 0 Å². The first-order valence-corrected chi connectivity index (χ1v) is 4.25. The van der Waals surface area contributed by atoms with Crippen LogP contribution in [0.3, 0.4) is 0 Å². The molecule has 0 saturated heterocycles. The number of phenols is 1. The Balaban J connectivity index is 3.05. The number of phenolic OH excluding ortho intramolecular Hbond substituents is 1. The summed E-state index contributed by atoms with van der Waals surface area (Å²) in [5.74, 6) is 0.138. The van der Waals surface area contributed by atoms with Crippen molar-refractivity contribution in [3.8, 4) is 5.75 Å². The maximum Gasteiger partial charge on any atom is 0.120 e. The zero-order valence-electron chi connectivity index (χ0n) is 7.86. The molecule has 1 rings (SSSR count). The highest BCUT2D eigenvalue weighted by molar-refractivity contribution is 5.38. The first-order valence-electron chi connectivity index (χ1n) is 4.25. The van der Waals surface area contributed by atoms with E-state index in [1.807, 2.05) is 6.92 Å². The van der Waals surface area contributed by atoms with E-state index in [0.29, 0.717) is 5.56 Å². The predicted molar refractivity (Wildman–Crippen MR) is 51.5 cm³/mol.